The van der Waals surface area contributed by atoms with Crippen LogP contribution in [0.3, 0.4) is 0 Å². The molecule has 13 heavy (non-hydrogen) atoms. The van der Waals surface area contributed by atoms with Gasteiger partial charge in [-0.15, -0.1) is 0 Å². The fraction of sp³-hybridized carbons (Fsp3) is 0.900. The molecule has 0 aromatic heterocycles. The Labute approximate surface area is 80.0 Å². The van der Waals surface area contributed by atoms with Crippen LogP contribution >= 0.6 is 0 Å². The molecule has 1 aliphatic rings. The number of aliphatic hydroxyl groups is 1. The van der Waals surface area contributed by atoms with Gasteiger partial charge in [-0.05, 0) is 25.3 Å². The highest BCUT2D eigenvalue weighted by atomic mass is 16.3. The Balaban J connectivity index is 2.45. The zero-order valence-electron chi connectivity index (χ0n) is 8.24. The van der Waals surface area contributed by atoms with E-state index in [0.717, 1.165) is 13.1 Å². The van der Waals surface area contributed by atoms with Crippen LogP contribution < -0.4 is 0 Å². The summed E-state index contributed by atoms with van der Waals surface area (Å²) in [6, 6.07) is 2.43. The van der Waals surface area contributed by atoms with Gasteiger partial charge in [0, 0.05) is 19.0 Å². The average Bonchev–Trinajstić information content (AvgIpc) is 2.15. The number of nitrogens with zero attached hydrogens (tertiary/aromatic N) is 2. The first kappa shape index (κ1) is 10.5. The molecule has 0 aliphatic carbocycles. The maximum atomic E-state index is 9.21. The molecule has 0 saturated carbocycles. The third kappa shape index (κ3) is 2.68. The Kier molecular flexibility index (Phi) is 4.20. The van der Waals surface area contributed by atoms with E-state index < -0.39 is 0 Å². The molecule has 0 aromatic carbocycles. The van der Waals surface area contributed by atoms with Crippen LogP contribution in [0.5, 0.6) is 0 Å². The van der Waals surface area contributed by atoms with Crippen LogP contribution in [0.15, 0.2) is 0 Å². The van der Waals surface area contributed by atoms with Crippen molar-refractivity contribution in [3.63, 3.8) is 0 Å². The lowest BCUT2D eigenvalue weighted by atomic mass is 9.91. The van der Waals surface area contributed by atoms with E-state index in [1.807, 2.05) is 0 Å². The molecule has 74 valence electrons. The quantitative estimate of drug-likeness (QED) is 0.708. The van der Waals surface area contributed by atoms with E-state index in [4.69, 9.17) is 5.26 Å². The number of hydrogen-bond donors (Lipinski definition) is 1. The smallest absolute Gasteiger partial charge is 0.0635 e. The zero-order chi connectivity index (χ0) is 9.68. The summed E-state index contributed by atoms with van der Waals surface area (Å²) < 4.78 is 0. The predicted molar refractivity (Wildman–Crippen MR) is 51.1 cm³/mol. The number of likely N-dealkylation sites (tertiary alicyclic amines) is 1. The normalized spacial score (nSPS) is 29.9. The molecule has 0 spiro atoms. The second-order valence-electron chi connectivity index (χ2n) is 3.81. The van der Waals surface area contributed by atoms with Gasteiger partial charge in [0.05, 0.1) is 12.7 Å². The van der Waals surface area contributed by atoms with E-state index in [0.29, 0.717) is 12.3 Å². The van der Waals surface area contributed by atoms with Crippen LogP contribution in [-0.4, -0.2) is 35.7 Å². The van der Waals surface area contributed by atoms with Gasteiger partial charge < -0.3 is 5.11 Å². The lowest BCUT2D eigenvalue weighted by Gasteiger charge is -2.38. The zero-order valence-corrected chi connectivity index (χ0v) is 8.24. The Bertz CT molecular complexity index is 188. The maximum Gasteiger partial charge on any atom is 0.0635 e. The number of piperidine rings is 1. The summed E-state index contributed by atoms with van der Waals surface area (Å²) in [4.78, 5) is 2.25. The van der Waals surface area contributed by atoms with Crippen molar-refractivity contribution in [2.45, 2.75) is 32.2 Å². The van der Waals surface area contributed by atoms with Crippen LogP contribution in [0.4, 0.5) is 0 Å². The summed E-state index contributed by atoms with van der Waals surface area (Å²) in [5.41, 5.74) is 0. The Morgan fingerprint density at radius 3 is 3.00 bits per heavy atom. The SMILES string of the molecule is CC1CCCN(CCC#N)C1CO. The third-order valence-corrected chi connectivity index (χ3v) is 2.93. The lowest BCUT2D eigenvalue weighted by molar-refractivity contribution is 0.0547. The highest BCUT2D eigenvalue weighted by molar-refractivity contribution is 4.83. The van der Waals surface area contributed by atoms with Gasteiger partial charge in [-0.3, -0.25) is 4.90 Å². The van der Waals surface area contributed by atoms with E-state index in [-0.39, 0.29) is 12.6 Å². The number of rotatable bonds is 3. The van der Waals surface area contributed by atoms with Crippen molar-refractivity contribution in [1.29, 1.82) is 5.26 Å². The monoisotopic (exact) mass is 182 g/mol. The second kappa shape index (κ2) is 5.21. The van der Waals surface area contributed by atoms with Gasteiger partial charge in [0.1, 0.15) is 0 Å². The molecule has 1 saturated heterocycles. The summed E-state index contributed by atoms with van der Waals surface area (Å²) in [7, 11) is 0. The van der Waals surface area contributed by atoms with Crippen LogP contribution in [-0.2, 0) is 0 Å². The maximum absolute atomic E-state index is 9.21. The molecule has 0 amide bonds. The molecule has 1 fully saturated rings. The minimum Gasteiger partial charge on any atom is -0.395 e. The van der Waals surface area contributed by atoms with Crippen LogP contribution in [0.25, 0.3) is 0 Å². The van der Waals surface area contributed by atoms with Gasteiger partial charge in [0.25, 0.3) is 0 Å². The summed E-state index contributed by atoms with van der Waals surface area (Å²) in [5, 5.41) is 17.7. The number of aliphatic hydroxyl groups excluding tert-OH is 1. The third-order valence-electron chi connectivity index (χ3n) is 2.93. The van der Waals surface area contributed by atoms with E-state index in [1.54, 1.807) is 0 Å². The molecule has 1 rings (SSSR count). The summed E-state index contributed by atoms with van der Waals surface area (Å²) in [6.07, 6.45) is 2.97. The number of nitriles is 1. The van der Waals surface area contributed by atoms with E-state index in [2.05, 4.69) is 17.9 Å². The molecular formula is C10H18N2O. The van der Waals surface area contributed by atoms with E-state index in [1.165, 1.54) is 12.8 Å². The van der Waals surface area contributed by atoms with Crippen molar-refractivity contribution in [2.75, 3.05) is 19.7 Å². The fourth-order valence-electron chi connectivity index (χ4n) is 2.10. The van der Waals surface area contributed by atoms with E-state index in [9.17, 15) is 5.11 Å². The number of hydrogen-bond acceptors (Lipinski definition) is 3. The minimum atomic E-state index is 0.229. The Hall–Kier alpha value is -0.590. The van der Waals surface area contributed by atoms with Crippen molar-refractivity contribution in [3.05, 3.63) is 0 Å². The van der Waals surface area contributed by atoms with Gasteiger partial charge in [0.15, 0.2) is 0 Å². The first-order valence-corrected chi connectivity index (χ1v) is 5.01. The van der Waals surface area contributed by atoms with E-state index >= 15 is 0 Å². The molecule has 3 heteroatoms. The molecule has 0 radical (unpaired) electrons. The van der Waals surface area contributed by atoms with Gasteiger partial charge in [0.2, 0.25) is 0 Å². The minimum absolute atomic E-state index is 0.229. The molecule has 1 aliphatic heterocycles. The first-order chi connectivity index (χ1) is 6.29. The second-order valence-corrected chi connectivity index (χ2v) is 3.81. The van der Waals surface area contributed by atoms with Crippen LogP contribution in [0.2, 0.25) is 0 Å². The summed E-state index contributed by atoms with van der Waals surface area (Å²) in [5.74, 6) is 0.567. The molecule has 2 atom stereocenters. The average molecular weight is 182 g/mol. The highest BCUT2D eigenvalue weighted by Gasteiger charge is 2.26. The lowest BCUT2D eigenvalue weighted by Crippen LogP contribution is -2.46. The van der Waals surface area contributed by atoms with Gasteiger partial charge in [-0.2, -0.15) is 5.26 Å². The van der Waals surface area contributed by atoms with Crippen molar-refractivity contribution in [1.82, 2.24) is 4.90 Å². The Morgan fingerprint density at radius 1 is 1.62 bits per heavy atom. The summed E-state index contributed by atoms with van der Waals surface area (Å²) >= 11 is 0. The molecular weight excluding hydrogens is 164 g/mol. The molecule has 1 N–H and O–H groups in total. The summed E-state index contributed by atoms with van der Waals surface area (Å²) in [6.45, 7) is 4.26. The molecule has 1 heterocycles. The highest BCUT2D eigenvalue weighted by Crippen LogP contribution is 2.22. The van der Waals surface area contributed by atoms with Crippen LogP contribution in [0.1, 0.15) is 26.2 Å². The first-order valence-electron chi connectivity index (χ1n) is 5.01. The van der Waals surface area contributed by atoms with Crippen molar-refractivity contribution >= 4 is 0 Å². The predicted octanol–water partition coefficient (Wildman–Crippen LogP) is 0.993. The molecule has 3 nitrogen and oxygen atoms in total. The Morgan fingerprint density at radius 2 is 2.38 bits per heavy atom. The molecule has 2 unspecified atom stereocenters. The van der Waals surface area contributed by atoms with Crippen molar-refractivity contribution < 1.29 is 5.11 Å². The largest absolute Gasteiger partial charge is 0.395 e. The van der Waals surface area contributed by atoms with Crippen molar-refractivity contribution in [2.24, 2.45) is 5.92 Å². The van der Waals surface area contributed by atoms with Gasteiger partial charge in [-0.1, -0.05) is 6.92 Å². The topological polar surface area (TPSA) is 47.3 Å². The van der Waals surface area contributed by atoms with Crippen molar-refractivity contribution in [3.8, 4) is 6.07 Å². The van der Waals surface area contributed by atoms with Gasteiger partial charge in [-0.25, -0.2) is 0 Å². The van der Waals surface area contributed by atoms with Crippen LogP contribution in [0, 0.1) is 17.2 Å². The molecule has 0 aromatic rings. The fourth-order valence-corrected chi connectivity index (χ4v) is 2.10. The molecule has 0 bridgehead atoms. The van der Waals surface area contributed by atoms with Gasteiger partial charge >= 0.3 is 0 Å². The standard InChI is InChI=1S/C10H18N2O/c1-9-4-2-6-12(7-3-5-11)10(9)8-13/h9-10,13H,2-4,6-8H2,1H3.